The van der Waals surface area contributed by atoms with E-state index >= 15 is 0 Å². The number of fused-ring (bicyclic) bond motifs is 4. The van der Waals surface area contributed by atoms with E-state index in [0.717, 1.165) is 10.8 Å². The fraction of sp³-hybridized carbons (Fsp3) is 0.364. The number of carbonyl (C=O) groups is 2. The molecule has 4 atom stereocenters. The predicted molar refractivity (Wildman–Crippen MR) is 111 cm³/mol. The van der Waals surface area contributed by atoms with Crippen LogP contribution in [0.25, 0.3) is 10.8 Å². The van der Waals surface area contributed by atoms with Crippen LogP contribution in [-0.4, -0.2) is 58.4 Å². The van der Waals surface area contributed by atoms with Gasteiger partial charge in [0.05, 0.1) is 23.0 Å². The number of aliphatic hydroxyl groups excluding tert-OH is 1. The maximum absolute atomic E-state index is 13.2. The Morgan fingerprint density at radius 2 is 1.94 bits per heavy atom. The number of hydrogen-bond acceptors (Lipinski definition) is 5. The minimum absolute atomic E-state index is 0.110. The summed E-state index contributed by atoms with van der Waals surface area (Å²) < 4.78 is 27.8. The summed E-state index contributed by atoms with van der Waals surface area (Å²) in [5.41, 5.74) is 0.938. The Bertz CT molecular complexity index is 1280. The molecule has 2 aromatic carbocycles. The van der Waals surface area contributed by atoms with Crippen LogP contribution in [0.2, 0.25) is 0 Å². The summed E-state index contributed by atoms with van der Waals surface area (Å²) in [6.07, 6.45) is -0.906. The molecular formula is C22H22N2O6S. The van der Waals surface area contributed by atoms with Gasteiger partial charge in [-0.15, -0.1) is 0 Å². The Balaban J connectivity index is 1.55. The highest BCUT2D eigenvalue weighted by Crippen LogP contribution is 2.48. The third kappa shape index (κ3) is 2.63. The second kappa shape index (κ2) is 6.62. The first-order valence-electron chi connectivity index (χ1n) is 10.1. The van der Waals surface area contributed by atoms with Gasteiger partial charge in [0.2, 0.25) is 15.9 Å². The minimum atomic E-state index is -3.80. The molecule has 8 nitrogen and oxygen atoms in total. The van der Waals surface area contributed by atoms with Gasteiger partial charge in [-0.25, -0.2) is 13.2 Å². The van der Waals surface area contributed by atoms with E-state index in [1.165, 1.54) is 16.1 Å². The van der Waals surface area contributed by atoms with Crippen LogP contribution in [0.5, 0.6) is 0 Å². The number of rotatable bonds is 4. The first-order chi connectivity index (χ1) is 14.6. The Morgan fingerprint density at radius 1 is 1.23 bits per heavy atom. The van der Waals surface area contributed by atoms with Gasteiger partial charge >= 0.3 is 5.97 Å². The number of carboxylic acid groups (broad SMARTS) is 1. The van der Waals surface area contributed by atoms with Crippen molar-refractivity contribution in [2.75, 3.05) is 6.54 Å². The lowest BCUT2D eigenvalue weighted by atomic mass is 9.78. The maximum Gasteiger partial charge on any atom is 0.352 e. The number of hydrogen-bond donors (Lipinski definition) is 2. The molecule has 162 valence electrons. The first-order valence-corrected chi connectivity index (χ1v) is 11.6. The highest BCUT2D eigenvalue weighted by Gasteiger charge is 2.60. The molecule has 3 aliphatic rings. The third-order valence-corrected chi connectivity index (χ3v) is 8.69. The zero-order chi connectivity index (χ0) is 22.2. The quantitative estimate of drug-likeness (QED) is 0.694. The van der Waals surface area contributed by atoms with Crippen LogP contribution in [0.1, 0.15) is 19.4 Å². The Labute approximate surface area is 179 Å². The molecule has 3 aliphatic heterocycles. The Hall–Kier alpha value is -2.75. The van der Waals surface area contributed by atoms with Gasteiger partial charge in [-0.1, -0.05) is 37.3 Å². The van der Waals surface area contributed by atoms with Crippen LogP contribution in [0, 0.1) is 11.8 Å². The van der Waals surface area contributed by atoms with Gasteiger partial charge in [0.25, 0.3) is 0 Å². The second-order valence-corrected chi connectivity index (χ2v) is 10.4. The lowest BCUT2D eigenvalue weighted by molar-refractivity contribution is -0.163. The minimum Gasteiger partial charge on any atom is -0.477 e. The van der Waals surface area contributed by atoms with Crippen molar-refractivity contribution >= 4 is 32.7 Å². The molecule has 1 fully saturated rings. The molecule has 2 N–H and O–H groups in total. The van der Waals surface area contributed by atoms with Gasteiger partial charge in [-0.3, -0.25) is 4.79 Å². The molecule has 0 spiro atoms. The van der Waals surface area contributed by atoms with E-state index < -0.39 is 40.0 Å². The van der Waals surface area contributed by atoms with Gasteiger partial charge < -0.3 is 15.1 Å². The summed E-state index contributed by atoms with van der Waals surface area (Å²) in [5, 5.41) is 21.6. The largest absolute Gasteiger partial charge is 0.477 e. The van der Waals surface area contributed by atoms with E-state index in [2.05, 4.69) is 0 Å². The monoisotopic (exact) mass is 442 g/mol. The molecule has 9 heteroatoms. The van der Waals surface area contributed by atoms with E-state index in [0.29, 0.717) is 11.1 Å². The summed E-state index contributed by atoms with van der Waals surface area (Å²) in [6, 6.07) is 10.4. The normalized spacial score (nSPS) is 27.9. The zero-order valence-electron chi connectivity index (χ0n) is 17.0. The Morgan fingerprint density at radius 3 is 2.61 bits per heavy atom. The van der Waals surface area contributed by atoms with E-state index in [-0.39, 0.29) is 29.6 Å². The van der Waals surface area contributed by atoms with Crippen molar-refractivity contribution in [2.45, 2.75) is 37.4 Å². The molecule has 3 heterocycles. The number of aliphatic carboxylic acids is 1. The smallest absolute Gasteiger partial charge is 0.352 e. The highest BCUT2D eigenvalue weighted by molar-refractivity contribution is 7.89. The molecule has 0 unspecified atom stereocenters. The predicted octanol–water partition coefficient (Wildman–Crippen LogP) is 1.54. The van der Waals surface area contributed by atoms with Crippen LogP contribution in [0.15, 0.2) is 52.6 Å². The summed E-state index contributed by atoms with van der Waals surface area (Å²) in [5.74, 6) is -2.75. The summed E-state index contributed by atoms with van der Waals surface area (Å²) in [6.45, 7) is 3.33. The van der Waals surface area contributed by atoms with Crippen LogP contribution in [-0.2, 0) is 26.2 Å². The molecule has 0 aromatic heterocycles. The van der Waals surface area contributed by atoms with Crippen LogP contribution >= 0.6 is 0 Å². The standard InChI is InChI=1S/C22H22N2O6S/c1-11-15(20(22(27)28)24-19(11)18(12(2)25)21(24)26)9-23-10-16-14-6-4-3-5-13(14)7-8-17(16)31(23,29)30/h3-8,11-12,18-19,25H,9-10H2,1-2H3,(H,27,28)/t11-,12+,18+,19+/m0/s1. The molecule has 1 amide bonds. The second-order valence-electron chi connectivity index (χ2n) is 8.47. The van der Waals surface area contributed by atoms with Crippen molar-refractivity contribution in [3.8, 4) is 0 Å². The molecule has 1 saturated heterocycles. The number of sulfonamides is 1. The number of carboxylic acids is 1. The van der Waals surface area contributed by atoms with Crippen molar-refractivity contribution in [3.05, 3.63) is 53.2 Å². The maximum atomic E-state index is 13.2. The van der Waals surface area contributed by atoms with Crippen LogP contribution in [0.4, 0.5) is 0 Å². The van der Waals surface area contributed by atoms with Gasteiger partial charge in [0.1, 0.15) is 5.70 Å². The number of β-lactam (4-membered cyclic amide) rings is 1. The van der Waals surface area contributed by atoms with Gasteiger partial charge in [0, 0.05) is 19.0 Å². The molecule has 0 aliphatic carbocycles. The van der Waals surface area contributed by atoms with Gasteiger partial charge in [0.15, 0.2) is 0 Å². The van der Waals surface area contributed by atoms with Crippen molar-refractivity contribution in [2.24, 2.45) is 11.8 Å². The Kier molecular flexibility index (Phi) is 4.31. The lowest BCUT2D eigenvalue weighted by Gasteiger charge is -2.46. The summed E-state index contributed by atoms with van der Waals surface area (Å²) in [4.78, 5) is 26.0. The fourth-order valence-corrected chi connectivity index (χ4v) is 6.92. The molecule has 31 heavy (non-hydrogen) atoms. The van der Waals surface area contributed by atoms with Crippen LogP contribution < -0.4 is 0 Å². The van der Waals surface area contributed by atoms with Crippen molar-refractivity contribution < 1.29 is 28.2 Å². The molecule has 0 radical (unpaired) electrons. The molecular weight excluding hydrogens is 420 g/mol. The van der Waals surface area contributed by atoms with Gasteiger partial charge in [-0.2, -0.15) is 4.31 Å². The number of nitrogens with zero attached hydrogens (tertiary/aromatic N) is 2. The first kappa shape index (κ1) is 20.2. The van der Waals surface area contributed by atoms with Crippen molar-refractivity contribution in [1.29, 1.82) is 0 Å². The number of carbonyl (C=O) groups excluding carboxylic acids is 1. The van der Waals surface area contributed by atoms with E-state index in [4.69, 9.17) is 0 Å². The average Bonchev–Trinajstić information content (AvgIpc) is 3.11. The third-order valence-electron chi connectivity index (χ3n) is 6.81. The van der Waals surface area contributed by atoms with E-state index in [1.807, 2.05) is 24.3 Å². The van der Waals surface area contributed by atoms with E-state index in [1.54, 1.807) is 19.1 Å². The summed E-state index contributed by atoms with van der Waals surface area (Å²) in [7, 11) is -3.80. The average molecular weight is 442 g/mol. The van der Waals surface area contributed by atoms with Gasteiger partial charge in [-0.05, 0) is 34.9 Å². The lowest BCUT2D eigenvalue weighted by Crippen LogP contribution is -2.63. The number of amides is 1. The van der Waals surface area contributed by atoms with Crippen molar-refractivity contribution in [3.63, 3.8) is 0 Å². The fourth-order valence-electron chi connectivity index (χ4n) is 5.31. The molecule has 0 saturated carbocycles. The highest BCUT2D eigenvalue weighted by atomic mass is 32.2. The molecule has 0 bridgehead atoms. The van der Waals surface area contributed by atoms with Crippen molar-refractivity contribution in [1.82, 2.24) is 9.21 Å². The topological polar surface area (TPSA) is 115 Å². The molecule has 2 aromatic rings. The van der Waals surface area contributed by atoms with Crippen LogP contribution in [0.3, 0.4) is 0 Å². The molecule has 5 rings (SSSR count). The zero-order valence-corrected chi connectivity index (χ0v) is 17.8. The number of aliphatic hydroxyl groups is 1. The number of benzene rings is 2. The SMILES string of the molecule is C[C@@H](O)[C@H]1C(=O)N2C(C(=O)O)=C(CN3Cc4c(ccc5ccccc45)S3(=O)=O)[C@H](C)[C@H]12. The van der Waals surface area contributed by atoms with E-state index in [9.17, 15) is 28.2 Å². The summed E-state index contributed by atoms with van der Waals surface area (Å²) >= 11 is 0.